The standard InChI is InChI=1S/C28H22N2O4/c31-25(22-13-14-26-27(15-22)34-18-33-26)17-24(20-8-2-1-3-9-20)29-30-28(32)16-21-11-6-10-19-7-4-5-12-23(19)21/h1-15H,16-18H2,(H,30,32). The van der Waals surface area contributed by atoms with Crippen LogP contribution in [0, 0.1) is 0 Å². The second-order valence-corrected chi connectivity index (χ2v) is 7.94. The van der Waals surface area contributed by atoms with Gasteiger partial charge in [0.15, 0.2) is 17.3 Å². The molecule has 0 atom stereocenters. The van der Waals surface area contributed by atoms with Crippen LogP contribution in [0.3, 0.4) is 0 Å². The fourth-order valence-corrected chi connectivity index (χ4v) is 3.95. The summed E-state index contributed by atoms with van der Waals surface area (Å²) < 4.78 is 10.7. The maximum Gasteiger partial charge on any atom is 0.244 e. The van der Waals surface area contributed by atoms with E-state index in [4.69, 9.17) is 9.47 Å². The van der Waals surface area contributed by atoms with Crippen molar-refractivity contribution in [3.63, 3.8) is 0 Å². The molecule has 0 spiro atoms. The Hall–Kier alpha value is -4.45. The van der Waals surface area contributed by atoms with Crippen molar-refractivity contribution in [1.29, 1.82) is 0 Å². The summed E-state index contributed by atoms with van der Waals surface area (Å²) in [7, 11) is 0. The van der Waals surface area contributed by atoms with Crippen LogP contribution in [-0.2, 0) is 11.2 Å². The van der Waals surface area contributed by atoms with Crippen LogP contribution in [0.5, 0.6) is 11.5 Å². The van der Waals surface area contributed by atoms with Crippen molar-refractivity contribution >= 4 is 28.2 Å². The molecule has 0 radical (unpaired) electrons. The second kappa shape index (κ2) is 9.58. The average molecular weight is 450 g/mol. The molecule has 34 heavy (non-hydrogen) atoms. The molecule has 1 heterocycles. The van der Waals surface area contributed by atoms with E-state index in [0.717, 1.165) is 21.9 Å². The predicted octanol–water partition coefficient (Wildman–Crippen LogP) is 4.90. The van der Waals surface area contributed by atoms with Gasteiger partial charge in [-0.15, -0.1) is 0 Å². The van der Waals surface area contributed by atoms with Crippen molar-refractivity contribution in [2.75, 3.05) is 6.79 Å². The first-order chi connectivity index (χ1) is 16.7. The minimum atomic E-state index is -0.250. The molecule has 1 N–H and O–H groups in total. The number of hydrazone groups is 1. The minimum absolute atomic E-state index is 0.0260. The smallest absolute Gasteiger partial charge is 0.244 e. The van der Waals surface area contributed by atoms with E-state index in [9.17, 15) is 9.59 Å². The van der Waals surface area contributed by atoms with Gasteiger partial charge in [0.25, 0.3) is 0 Å². The Morgan fingerprint density at radius 3 is 2.44 bits per heavy atom. The molecule has 0 aromatic heterocycles. The fourth-order valence-electron chi connectivity index (χ4n) is 3.95. The topological polar surface area (TPSA) is 77.0 Å². The molecule has 6 nitrogen and oxygen atoms in total. The number of amides is 1. The van der Waals surface area contributed by atoms with Crippen LogP contribution >= 0.6 is 0 Å². The summed E-state index contributed by atoms with van der Waals surface area (Å²) in [6.45, 7) is 0.145. The maximum atomic E-state index is 13.0. The lowest BCUT2D eigenvalue weighted by molar-refractivity contribution is -0.120. The molecule has 0 saturated heterocycles. The fraction of sp³-hybridized carbons (Fsp3) is 0.107. The summed E-state index contributed by atoms with van der Waals surface area (Å²) in [6, 6.07) is 28.3. The first-order valence-corrected chi connectivity index (χ1v) is 11.0. The lowest BCUT2D eigenvalue weighted by Crippen LogP contribution is -2.23. The molecule has 0 saturated carbocycles. The molecule has 168 valence electrons. The van der Waals surface area contributed by atoms with Crippen molar-refractivity contribution in [2.24, 2.45) is 5.10 Å². The van der Waals surface area contributed by atoms with Crippen LogP contribution in [-0.4, -0.2) is 24.2 Å². The van der Waals surface area contributed by atoms with Gasteiger partial charge in [-0.25, -0.2) is 5.43 Å². The third kappa shape index (κ3) is 4.66. The largest absolute Gasteiger partial charge is 0.454 e. The first kappa shape index (κ1) is 21.4. The number of Topliss-reactive ketones (excluding diaryl/α,β-unsaturated/α-hetero) is 1. The molecule has 6 heteroatoms. The summed E-state index contributed by atoms with van der Waals surface area (Å²) in [5.74, 6) is 0.783. The van der Waals surface area contributed by atoms with E-state index in [1.54, 1.807) is 18.2 Å². The molecule has 1 amide bonds. The van der Waals surface area contributed by atoms with Gasteiger partial charge >= 0.3 is 0 Å². The molecule has 0 aliphatic carbocycles. The summed E-state index contributed by atoms with van der Waals surface area (Å²) in [5, 5.41) is 6.46. The third-order valence-corrected chi connectivity index (χ3v) is 5.68. The number of nitrogens with one attached hydrogen (secondary N) is 1. The summed E-state index contributed by atoms with van der Waals surface area (Å²) in [6.07, 6.45) is 0.210. The Kier molecular flexibility index (Phi) is 6.03. The predicted molar refractivity (Wildman–Crippen MR) is 130 cm³/mol. The molecule has 0 unspecified atom stereocenters. The van der Waals surface area contributed by atoms with Crippen molar-refractivity contribution in [1.82, 2.24) is 5.43 Å². The number of hydrogen-bond donors (Lipinski definition) is 1. The number of nitrogens with zero attached hydrogens (tertiary/aromatic N) is 1. The highest BCUT2D eigenvalue weighted by Gasteiger charge is 2.18. The van der Waals surface area contributed by atoms with E-state index >= 15 is 0 Å². The van der Waals surface area contributed by atoms with E-state index in [1.165, 1.54) is 0 Å². The zero-order valence-electron chi connectivity index (χ0n) is 18.4. The van der Waals surface area contributed by atoms with Crippen LogP contribution in [0.2, 0.25) is 0 Å². The molecule has 4 aromatic carbocycles. The van der Waals surface area contributed by atoms with Crippen molar-refractivity contribution in [3.05, 3.63) is 108 Å². The number of ether oxygens (including phenoxy) is 2. The average Bonchev–Trinajstić information content (AvgIpc) is 3.35. The number of ketones is 1. The summed E-state index contributed by atoms with van der Waals surface area (Å²) in [4.78, 5) is 25.8. The number of carbonyl (C=O) groups is 2. The maximum absolute atomic E-state index is 13.0. The Balaban J connectivity index is 1.35. The number of hydrogen-bond acceptors (Lipinski definition) is 5. The SMILES string of the molecule is O=C(Cc1cccc2ccccc12)NN=C(CC(=O)c1ccc2c(c1)OCO2)c1ccccc1. The van der Waals surface area contributed by atoms with E-state index < -0.39 is 0 Å². The number of carbonyl (C=O) groups excluding carboxylic acids is 2. The number of fused-ring (bicyclic) bond motifs is 2. The van der Waals surface area contributed by atoms with Gasteiger partial charge in [-0.2, -0.15) is 5.10 Å². The number of rotatable bonds is 7. The Bertz CT molecular complexity index is 1390. The van der Waals surface area contributed by atoms with Crippen LogP contribution in [0.25, 0.3) is 10.8 Å². The highest BCUT2D eigenvalue weighted by molar-refractivity contribution is 6.16. The van der Waals surface area contributed by atoms with Crippen molar-refractivity contribution in [2.45, 2.75) is 12.8 Å². The van der Waals surface area contributed by atoms with Gasteiger partial charge in [0.1, 0.15) is 0 Å². The van der Waals surface area contributed by atoms with Gasteiger partial charge in [0, 0.05) is 5.56 Å². The van der Waals surface area contributed by atoms with Crippen LogP contribution in [0.4, 0.5) is 0 Å². The van der Waals surface area contributed by atoms with Crippen molar-refractivity contribution < 1.29 is 19.1 Å². The first-order valence-electron chi connectivity index (χ1n) is 11.0. The van der Waals surface area contributed by atoms with Crippen molar-refractivity contribution in [3.8, 4) is 11.5 Å². The molecule has 5 rings (SSSR count). The zero-order valence-corrected chi connectivity index (χ0v) is 18.4. The molecule has 0 bridgehead atoms. The van der Waals surface area contributed by atoms with Crippen LogP contribution in [0.1, 0.15) is 27.9 Å². The molecule has 0 fully saturated rings. The second-order valence-electron chi connectivity index (χ2n) is 7.94. The van der Waals surface area contributed by atoms with E-state index in [0.29, 0.717) is 22.8 Å². The Morgan fingerprint density at radius 1 is 0.794 bits per heavy atom. The van der Waals surface area contributed by atoms with Gasteiger partial charge in [-0.1, -0.05) is 72.8 Å². The third-order valence-electron chi connectivity index (χ3n) is 5.68. The van der Waals surface area contributed by atoms with E-state index in [-0.39, 0.29) is 31.3 Å². The lowest BCUT2D eigenvalue weighted by atomic mass is 10.0. The summed E-state index contributed by atoms with van der Waals surface area (Å²) in [5.41, 5.74) is 5.31. The minimum Gasteiger partial charge on any atom is -0.454 e. The normalized spacial score (nSPS) is 12.5. The molecule has 1 aliphatic rings. The summed E-state index contributed by atoms with van der Waals surface area (Å²) >= 11 is 0. The quantitative estimate of drug-likeness (QED) is 0.247. The van der Waals surface area contributed by atoms with E-state index in [2.05, 4.69) is 10.5 Å². The van der Waals surface area contributed by atoms with Crippen LogP contribution in [0.15, 0.2) is 96.1 Å². The van der Waals surface area contributed by atoms with Gasteiger partial charge < -0.3 is 9.47 Å². The monoisotopic (exact) mass is 450 g/mol. The van der Waals surface area contributed by atoms with Gasteiger partial charge in [-0.3, -0.25) is 9.59 Å². The molecule has 1 aliphatic heterocycles. The van der Waals surface area contributed by atoms with E-state index in [1.807, 2.05) is 72.8 Å². The van der Waals surface area contributed by atoms with Crippen LogP contribution < -0.4 is 14.9 Å². The highest BCUT2D eigenvalue weighted by Crippen LogP contribution is 2.33. The molecule has 4 aromatic rings. The van der Waals surface area contributed by atoms with Gasteiger partial charge in [0.05, 0.1) is 18.6 Å². The van der Waals surface area contributed by atoms with Gasteiger partial charge in [0.2, 0.25) is 12.7 Å². The Morgan fingerprint density at radius 2 is 1.56 bits per heavy atom. The lowest BCUT2D eigenvalue weighted by Gasteiger charge is -2.09. The molecular formula is C28H22N2O4. The van der Waals surface area contributed by atoms with Gasteiger partial charge in [-0.05, 0) is 40.1 Å². The Labute approximate surface area is 196 Å². The zero-order chi connectivity index (χ0) is 23.3. The molecular weight excluding hydrogens is 428 g/mol. The number of benzene rings is 4. The highest BCUT2D eigenvalue weighted by atomic mass is 16.7.